The molecule has 0 saturated carbocycles. The van der Waals surface area contributed by atoms with Crippen LogP contribution in [0.25, 0.3) is 0 Å². The number of halogens is 1. The molecule has 0 aliphatic rings. The van der Waals surface area contributed by atoms with Gasteiger partial charge in [-0.05, 0) is 0 Å². The second-order valence-electron chi connectivity index (χ2n) is 0.229. The van der Waals surface area contributed by atoms with E-state index in [-0.39, 0.29) is 4.61 Å². The number of aliphatic hydroxyl groups excluding tert-OH is 1. The summed E-state index contributed by atoms with van der Waals surface area (Å²) in [4.78, 5) is 0. The van der Waals surface area contributed by atoms with E-state index in [0.29, 0.717) is 0 Å². The Balaban J connectivity index is 2.30. The minimum Gasteiger partial charge on any atom is -0.383 e. The molecule has 1 N–H and O–H groups in total. The SMILES string of the molecule is O=ICO. The van der Waals surface area contributed by atoms with Crippen molar-refractivity contribution in [3.63, 3.8) is 0 Å². The van der Waals surface area contributed by atoms with Gasteiger partial charge < -0.3 is 5.11 Å². The highest BCUT2D eigenvalue weighted by molar-refractivity contribution is 14.1. The van der Waals surface area contributed by atoms with Crippen molar-refractivity contribution in [1.29, 1.82) is 0 Å². The highest BCUT2D eigenvalue weighted by Gasteiger charge is 1.55. The number of aliphatic hydroxyl groups is 1. The average Bonchev–Trinajstić information content (AvgIpc) is 1.37. The summed E-state index contributed by atoms with van der Waals surface area (Å²) >= 11 is -1.08. The molecule has 26 valence electrons. The van der Waals surface area contributed by atoms with E-state index in [0.717, 1.165) is 0 Å². The Morgan fingerprint density at radius 3 is 2.25 bits per heavy atom. The molecule has 0 atom stereocenters. The Morgan fingerprint density at radius 1 is 2.00 bits per heavy atom. The van der Waals surface area contributed by atoms with Gasteiger partial charge >= 0.3 is 0 Å². The minimum absolute atomic E-state index is 0.126. The van der Waals surface area contributed by atoms with Crippen LogP contribution in [-0.2, 0) is 3.07 Å². The largest absolute Gasteiger partial charge is 0.383 e. The topological polar surface area (TPSA) is 37.3 Å². The van der Waals surface area contributed by atoms with Gasteiger partial charge in [0.05, 0.1) is 0 Å². The van der Waals surface area contributed by atoms with Crippen molar-refractivity contribution < 1.29 is 8.18 Å². The van der Waals surface area contributed by atoms with Crippen LogP contribution in [0.2, 0.25) is 0 Å². The van der Waals surface area contributed by atoms with Gasteiger partial charge in [-0.3, -0.25) is 3.07 Å². The molecule has 0 spiro atoms. The van der Waals surface area contributed by atoms with Gasteiger partial charge in [-0.2, -0.15) is 0 Å². The molecule has 0 amide bonds. The van der Waals surface area contributed by atoms with Crippen molar-refractivity contribution in [2.24, 2.45) is 0 Å². The summed E-state index contributed by atoms with van der Waals surface area (Å²) in [6, 6.07) is 0. The number of hydrogen-bond acceptors (Lipinski definition) is 2. The van der Waals surface area contributed by atoms with Crippen LogP contribution in [0.1, 0.15) is 0 Å². The first-order valence-electron chi connectivity index (χ1n) is 0.738. The summed E-state index contributed by atoms with van der Waals surface area (Å²) in [5, 5.41) is 7.61. The van der Waals surface area contributed by atoms with Crippen molar-refractivity contribution in [1.82, 2.24) is 0 Å². The molecule has 0 heterocycles. The molecule has 0 saturated heterocycles. The lowest BCUT2D eigenvalue weighted by Gasteiger charge is -1.52. The lowest BCUT2D eigenvalue weighted by molar-refractivity contribution is 0.386. The van der Waals surface area contributed by atoms with Gasteiger partial charge in [0.1, 0.15) is 4.61 Å². The zero-order valence-electron chi connectivity index (χ0n) is 1.94. The van der Waals surface area contributed by atoms with Crippen molar-refractivity contribution in [2.45, 2.75) is 0 Å². The van der Waals surface area contributed by atoms with Crippen LogP contribution in [0.5, 0.6) is 0 Å². The van der Waals surface area contributed by atoms with Crippen LogP contribution < -0.4 is 0 Å². The predicted molar refractivity (Wildman–Crippen MR) is 21.8 cm³/mol. The third kappa shape index (κ3) is 2.49. The zero-order valence-corrected chi connectivity index (χ0v) is 4.10. The monoisotopic (exact) mass is 174 g/mol. The van der Waals surface area contributed by atoms with Gasteiger partial charge in [-0.1, -0.05) is 0 Å². The van der Waals surface area contributed by atoms with Crippen LogP contribution in [0, 0.1) is 0 Å². The van der Waals surface area contributed by atoms with Crippen LogP contribution in [0.15, 0.2) is 0 Å². The van der Waals surface area contributed by atoms with Crippen molar-refractivity contribution in [3.05, 3.63) is 0 Å². The van der Waals surface area contributed by atoms with Gasteiger partial charge in [-0.15, -0.1) is 0 Å². The summed E-state index contributed by atoms with van der Waals surface area (Å²) in [6.07, 6.45) is 0. The van der Waals surface area contributed by atoms with E-state index in [4.69, 9.17) is 8.18 Å². The summed E-state index contributed by atoms with van der Waals surface area (Å²) in [5.74, 6) is 0. The molecule has 0 aromatic heterocycles. The highest BCUT2D eigenvalue weighted by Crippen LogP contribution is 1.80. The smallest absolute Gasteiger partial charge is 0.172 e. The fourth-order valence-corrected chi connectivity index (χ4v) is 0. The third-order valence-electron chi connectivity index (χ3n) is 0.0488. The van der Waals surface area contributed by atoms with Crippen molar-refractivity contribution >= 4 is 21.2 Å². The Hall–Kier alpha value is 0.490. The maximum Gasteiger partial charge on any atom is 0.172 e. The van der Waals surface area contributed by atoms with Gasteiger partial charge in [0.25, 0.3) is 0 Å². The van der Waals surface area contributed by atoms with Gasteiger partial charge in [0, 0.05) is 0 Å². The van der Waals surface area contributed by atoms with E-state index in [1.807, 2.05) is 0 Å². The van der Waals surface area contributed by atoms with E-state index in [1.54, 1.807) is 0 Å². The van der Waals surface area contributed by atoms with E-state index < -0.39 is 21.2 Å². The number of hydrogen-bond donors (Lipinski definition) is 1. The van der Waals surface area contributed by atoms with Gasteiger partial charge in [-0.25, -0.2) is 0 Å². The molecular weight excluding hydrogens is 171 g/mol. The summed E-state index contributed by atoms with van der Waals surface area (Å²) < 4.78 is 9.03. The molecule has 4 heavy (non-hydrogen) atoms. The Morgan fingerprint density at radius 2 is 2.25 bits per heavy atom. The van der Waals surface area contributed by atoms with Gasteiger partial charge in [0.2, 0.25) is 0 Å². The molecule has 0 rings (SSSR count). The second kappa shape index (κ2) is 3.49. The molecule has 0 aliphatic carbocycles. The minimum atomic E-state index is -1.08. The van der Waals surface area contributed by atoms with E-state index in [2.05, 4.69) is 0 Å². The molecule has 0 aliphatic heterocycles. The van der Waals surface area contributed by atoms with E-state index in [9.17, 15) is 0 Å². The standard InChI is InChI=1S/CH3IO2/c3-1-2-4/h3H,1H2. The first-order chi connectivity index (χ1) is 1.91. The number of rotatable bonds is 1. The maximum absolute atomic E-state index is 9.16. The first-order valence-corrected chi connectivity index (χ1v) is 3.14. The molecule has 0 fully saturated rings. The third-order valence-corrected chi connectivity index (χ3v) is 0.327. The van der Waals surface area contributed by atoms with Crippen molar-refractivity contribution in [2.75, 3.05) is 4.61 Å². The molecule has 0 unspecified atom stereocenters. The maximum atomic E-state index is 9.16. The number of alkyl halides is 1. The lowest BCUT2D eigenvalue weighted by atomic mass is 11.8. The van der Waals surface area contributed by atoms with Crippen LogP contribution in [0.3, 0.4) is 0 Å². The quantitative estimate of drug-likeness (QED) is 0.457. The fourth-order valence-electron chi connectivity index (χ4n) is 0. The van der Waals surface area contributed by atoms with Crippen LogP contribution >= 0.6 is 21.2 Å². The van der Waals surface area contributed by atoms with Gasteiger partial charge in [0.15, 0.2) is 21.2 Å². The highest BCUT2D eigenvalue weighted by atomic mass is 127. The van der Waals surface area contributed by atoms with E-state index >= 15 is 0 Å². The Kier molecular flexibility index (Phi) is 3.92. The lowest BCUT2D eigenvalue weighted by Crippen LogP contribution is -1.51. The fraction of sp³-hybridized carbons (Fsp3) is 1.00. The second-order valence-corrected chi connectivity index (χ2v) is 1.53. The van der Waals surface area contributed by atoms with Crippen molar-refractivity contribution in [3.8, 4) is 0 Å². The molecule has 0 aromatic carbocycles. The normalized spacial score (nSPS) is 7.25. The molecular formula is CH3IO2. The average molecular weight is 174 g/mol. The van der Waals surface area contributed by atoms with Crippen LogP contribution in [0.4, 0.5) is 0 Å². The summed E-state index contributed by atoms with van der Waals surface area (Å²) in [5.41, 5.74) is 0. The van der Waals surface area contributed by atoms with E-state index in [1.165, 1.54) is 0 Å². The summed E-state index contributed by atoms with van der Waals surface area (Å²) in [7, 11) is 0. The predicted octanol–water partition coefficient (Wildman–Crippen LogP) is 0.252. The Bertz CT molecular complexity index is 20.0. The molecule has 0 bridgehead atoms. The van der Waals surface area contributed by atoms with Crippen LogP contribution in [-0.4, -0.2) is 9.72 Å². The molecule has 0 aromatic rings. The Labute approximate surface area is 34.5 Å². The molecule has 0 radical (unpaired) electrons. The summed E-state index contributed by atoms with van der Waals surface area (Å²) in [6.45, 7) is 0. The zero-order chi connectivity index (χ0) is 3.41. The molecule has 3 heteroatoms. The molecule has 2 nitrogen and oxygen atoms in total. The first kappa shape index (κ1) is 4.49.